The standard InChI is InChI=1S/C15H16N4O2S/c1-2-20-12-7-4-3-6-11(12)10-22-15-18-17-14(19(15)16)13-8-5-9-21-13/h3-9H,2,10,16H2,1H3. The molecule has 3 aromatic rings. The van der Waals surface area contributed by atoms with Crippen LogP contribution in [-0.2, 0) is 5.75 Å². The number of benzene rings is 1. The highest BCUT2D eigenvalue weighted by molar-refractivity contribution is 7.98. The first-order valence-corrected chi connectivity index (χ1v) is 7.86. The first-order valence-electron chi connectivity index (χ1n) is 6.87. The molecule has 0 radical (unpaired) electrons. The molecule has 3 rings (SSSR count). The van der Waals surface area contributed by atoms with Crippen molar-refractivity contribution in [3.05, 3.63) is 48.2 Å². The van der Waals surface area contributed by atoms with Gasteiger partial charge in [-0.1, -0.05) is 30.0 Å². The summed E-state index contributed by atoms with van der Waals surface area (Å²) in [6, 6.07) is 11.5. The van der Waals surface area contributed by atoms with E-state index in [0.29, 0.717) is 29.1 Å². The van der Waals surface area contributed by atoms with Crippen molar-refractivity contribution in [1.82, 2.24) is 14.9 Å². The molecule has 0 aliphatic rings. The van der Waals surface area contributed by atoms with Crippen LogP contribution in [0.4, 0.5) is 0 Å². The van der Waals surface area contributed by atoms with E-state index in [-0.39, 0.29) is 0 Å². The Kier molecular flexibility index (Phi) is 4.34. The quantitative estimate of drug-likeness (QED) is 0.556. The number of hydrogen-bond acceptors (Lipinski definition) is 6. The van der Waals surface area contributed by atoms with E-state index in [2.05, 4.69) is 10.2 Å². The number of para-hydroxylation sites is 1. The van der Waals surface area contributed by atoms with Gasteiger partial charge in [-0.15, -0.1) is 10.2 Å². The second-order valence-corrected chi connectivity index (χ2v) is 5.43. The molecule has 22 heavy (non-hydrogen) atoms. The van der Waals surface area contributed by atoms with Crippen LogP contribution < -0.4 is 10.6 Å². The van der Waals surface area contributed by atoms with Crippen molar-refractivity contribution in [3.8, 4) is 17.3 Å². The monoisotopic (exact) mass is 316 g/mol. The van der Waals surface area contributed by atoms with Crippen molar-refractivity contribution in [2.45, 2.75) is 17.8 Å². The van der Waals surface area contributed by atoms with Crippen LogP contribution in [0.15, 0.2) is 52.2 Å². The number of furan rings is 1. The SMILES string of the molecule is CCOc1ccccc1CSc1nnc(-c2ccco2)n1N. The minimum atomic E-state index is 0.505. The molecular formula is C15H16N4O2S. The highest BCUT2D eigenvalue weighted by atomic mass is 32.2. The predicted octanol–water partition coefficient (Wildman–Crippen LogP) is 2.94. The molecule has 0 aliphatic carbocycles. The average Bonchev–Trinajstić information content (AvgIpc) is 3.16. The molecule has 0 saturated carbocycles. The molecule has 1 aromatic carbocycles. The number of aromatic nitrogens is 3. The summed E-state index contributed by atoms with van der Waals surface area (Å²) >= 11 is 1.50. The molecule has 2 N–H and O–H groups in total. The lowest BCUT2D eigenvalue weighted by atomic mass is 10.2. The molecule has 2 aromatic heterocycles. The van der Waals surface area contributed by atoms with E-state index in [0.717, 1.165) is 11.3 Å². The topological polar surface area (TPSA) is 79.1 Å². The van der Waals surface area contributed by atoms with Gasteiger partial charge in [-0.3, -0.25) is 0 Å². The summed E-state index contributed by atoms with van der Waals surface area (Å²) in [6.45, 7) is 2.60. The number of thioether (sulfide) groups is 1. The average molecular weight is 316 g/mol. The van der Waals surface area contributed by atoms with E-state index >= 15 is 0 Å². The second kappa shape index (κ2) is 6.57. The minimum absolute atomic E-state index is 0.505. The highest BCUT2D eigenvalue weighted by Gasteiger charge is 2.14. The van der Waals surface area contributed by atoms with Gasteiger partial charge in [-0.2, -0.15) is 0 Å². The van der Waals surface area contributed by atoms with Crippen LogP contribution in [0.5, 0.6) is 5.75 Å². The van der Waals surface area contributed by atoms with Gasteiger partial charge in [0.15, 0.2) is 5.76 Å². The third-order valence-corrected chi connectivity index (χ3v) is 4.03. The molecule has 0 saturated heterocycles. The van der Waals surface area contributed by atoms with Gasteiger partial charge >= 0.3 is 0 Å². The van der Waals surface area contributed by atoms with Crippen LogP contribution in [0.2, 0.25) is 0 Å². The molecule has 0 aliphatic heterocycles. The van der Waals surface area contributed by atoms with E-state index in [9.17, 15) is 0 Å². The molecule has 0 unspecified atom stereocenters. The zero-order valence-corrected chi connectivity index (χ0v) is 12.9. The molecule has 0 atom stereocenters. The van der Waals surface area contributed by atoms with Crippen LogP contribution in [0.3, 0.4) is 0 Å². The molecule has 6 nitrogen and oxygen atoms in total. The Morgan fingerprint density at radius 2 is 2.09 bits per heavy atom. The summed E-state index contributed by atoms with van der Waals surface area (Å²) in [5, 5.41) is 8.81. The maximum Gasteiger partial charge on any atom is 0.218 e. The first-order chi connectivity index (χ1) is 10.8. The van der Waals surface area contributed by atoms with Crippen molar-refractivity contribution < 1.29 is 9.15 Å². The Morgan fingerprint density at radius 1 is 1.23 bits per heavy atom. The van der Waals surface area contributed by atoms with Gasteiger partial charge in [0.1, 0.15) is 5.75 Å². The fraction of sp³-hybridized carbons (Fsp3) is 0.200. The summed E-state index contributed by atoms with van der Waals surface area (Å²) in [5.74, 6) is 8.71. The van der Waals surface area contributed by atoms with Crippen LogP contribution in [0, 0.1) is 0 Å². The van der Waals surface area contributed by atoms with Crippen molar-refractivity contribution in [2.24, 2.45) is 0 Å². The smallest absolute Gasteiger partial charge is 0.218 e. The van der Waals surface area contributed by atoms with E-state index in [1.54, 1.807) is 18.4 Å². The van der Waals surface area contributed by atoms with Gasteiger partial charge in [-0.05, 0) is 25.1 Å². The zero-order valence-electron chi connectivity index (χ0n) is 12.1. The number of ether oxygens (including phenoxy) is 1. The van der Waals surface area contributed by atoms with E-state index in [1.165, 1.54) is 16.4 Å². The molecule has 0 spiro atoms. The van der Waals surface area contributed by atoms with E-state index in [1.807, 2.05) is 31.2 Å². The Bertz CT molecular complexity index is 740. The zero-order chi connectivity index (χ0) is 15.4. The third-order valence-electron chi connectivity index (χ3n) is 3.04. The molecule has 2 heterocycles. The van der Waals surface area contributed by atoms with E-state index < -0.39 is 0 Å². The van der Waals surface area contributed by atoms with Crippen molar-refractivity contribution in [3.63, 3.8) is 0 Å². The van der Waals surface area contributed by atoms with Gasteiger partial charge in [0.2, 0.25) is 11.0 Å². The Balaban J connectivity index is 1.75. The number of nitrogens with two attached hydrogens (primary N) is 1. The lowest BCUT2D eigenvalue weighted by Crippen LogP contribution is -2.11. The fourth-order valence-corrected chi connectivity index (χ4v) is 2.86. The van der Waals surface area contributed by atoms with Gasteiger partial charge in [0.25, 0.3) is 0 Å². The van der Waals surface area contributed by atoms with Crippen molar-refractivity contribution in [1.29, 1.82) is 0 Å². The Morgan fingerprint density at radius 3 is 2.86 bits per heavy atom. The molecule has 7 heteroatoms. The predicted molar refractivity (Wildman–Crippen MR) is 85.0 cm³/mol. The summed E-state index contributed by atoms with van der Waals surface area (Å²) < 4.78 is 12.3. The van der Waals surface area contributed by atoms with E-state index in [4.69, 9.17) is 15.0 Å². The summed E-state index contributed by atoms with van der Waals surface area (Å²) in [4.78, 5) is 0. The van der Waals surface area contributed by atoms with Crippen LogP contribution >= 0.6 is 11.8 Å². The van der Waals surface area contributed by atoms with Crippen molar-refractivity contribution >= 4 is 11.8 Å². The summed E-state index contributed by atoms with van der Waals surface area (Å²) in [6.07, 6.45) is 1.58. The van der Waals surface area contributed by atoms with Gasteiger partial charge < -0.3 is 15.0 Å². The number of rotatable bonds is 6. The lowest BCUT2D eigenvalue weighted by Gasteiger charge is -2.09. The van der Waals surface area contributed by atoms with Crippen LogP contribution in [0.1, 0.15) is 12.5 Å². The molecular weight excluding hydrogens is 300 g/mol. The molecule has 0 bridgehead atoms. The second-order valence-electron chi connectivity index (χ2n) is 4.48. The van der Waals surface area contributed by atoms with Gasteiger partial charge in [0, 0.05) is 11.3 Å². The Labute approximate surface area is 132 Å². The first kappa shape index (κ1) is 14.5. The molecule has 0 amide bonds. The van der Waals surface area contributed by atoms with Gasteiger partial charge in [-0.25, -0.2) is 4.68 Å². The minimum Gasteiger partial charge on any atom is -0.494 e. The van der Waals surface area contributed by atoms with Crippen LogP contribution in [0.25, 0.3) is 11.6 Å². The highest BCUT2D eigenvalue weighted by Crippen LogP contribution is 2.28. The fourth-order valence-electron chi connectivity index (χ4n) is 2.01. The molecule has 0 fully saturated rings. The van der Waals surface area contributed by atoms with Gasteiger partial charge in [0.05, 0.1) is 12.9 Å². The normalized spacial score (nSPS) is 10.8. The largest absolute Gasteiger partial charge is 0.494 e. The lowest BCUT2D eigenvalue weighted by molar-refractivity contribution is 0.337. The number of nitrogens with zero attached hydrogens (tertiary/aromatic N) is 3. The number of hydrogen-bond donors (Lipinski definition) is 1. The number of nitrogen functional groups attached to an aromatic ring is 1. The maximum atomic E-state index is 6.03. The Hall–Kier alpha value is -2.41. The summed E-state index contributed by atoms with van der Waals surface area (Å²) in [5.41, 5.74) is 1.09. The van der Waals surface area contributed by atoms with Crippen LogP contribution in [-0.4, -0.2) is 21.5 Å². The summed E-state index contributed by atoms with van der Waals surface area (Å²) in [7, 11) is 0. The van der Waals surface area contributed by atoms with Crippen molar-refractivity contribution in [2.75, 3.05) is 12.4 Å². The maximum absolute atomic E-state index is 6.03. The molecule has 114 valence electrons. The third kappa shape index (κ3) is 2.94.